The molecule has 2 nitrogen and oxygen atoms in total. The van der Waals surface area contributed by atoms with Crippen molar-refractivity contribution in [3.05, 3.63) is 0 Å². The molecule has 3 fully saturated rings. The molecule has 3 aliphatic rings. The number of aliphatic hydroxyl groups is 1. The molecule has 3 rings (SSSR count). The van der Waals surface area contributed by atoms with Gasteiger partial charge in [-0.3, -0.25) is 0 Å². The maximum absolute atomic E-state index is 11.3. The van der Waals surface area contributed by atoms with Crippen molar-refractivity contribution in [1.82, 2.24) is 0 Å². The lowest BCUT2D eigenvalue weighted by molar-refractivity contribution is -0.136. The molecule has 2 saturated heterocycles. The highest BCUT2D eigenvalue weighted by Crippen LogP contribution is 2.47. The summed E-state index contributed by atoms with van der Waals surface area (Å²) in [6, 6.07) is 0. The zero-order valence-electron chi connectivity index (χ0n) is 12.9. The standard InChI is InChI=1S/C17H30O2S/c1-2-14-4-3-7-17(18,8-5-14)15-6-10-19-16(12-15)9-11-20-13-16/h14-15,18H,2-13H2,1H3. The van der Waals surface area contributed by atoms with Gasteiger partial charge in [0.2, 0.25) is 0 Å². The van der Waals surface area contributed by atoms with Crippen molar-refractivity contribution in [2.45, 2.75) is 75.9 Å². The van der Waals surface area contributed by atoms with Crippen LogP contribution >= 0.6 is 11.8 Å². The number of ether oxygens (including phenoxy) is 1. The molecule has 3 heteroatoms. The first-order valence-electron chi connectivity index (χ1n) is 8.60. The summed E-state index contributed by atoms with van der Waals surface area (Å²) in [5.41, 5.74) is -0.284. The van der Waals surface area contributed by atoms with Crippen molar-refractivity contribution in [1.29, 1.82) is 0 Å². The molecule has 1 spiro atoms. The van der Waals surface area contributed by atoms with Crippen LogP contribution in [0.1, 0.15) is 64.7 Å². The van der Waals surface area contributed by atoms with Crippen LogP contribution in [-0.2, 0) is 4.74 Å². The van der Waals surface area contributed by atoms with E-state index in [1.165, 1.54) is 37.9 Å². The highest BCUT2D eigenvalue weighted by Gasteiger charge is 2.47. The van der Waals surface area contributed by atoms with Gasteiger partial charge in [0.1, 0.15) is 0 Å². The number of hydrogen-bond acceptors (Lipinski definition) is 3. The molecule has 0 aromatic carbocycles. The number of hydrogen-bond donors (Lipinski definition) is 1. The zero-order valence-corrected chi connectivity index (χ0v) is 13.7. The fourth-order valence-electron chi connectivity index (χ4n) is 4.59. The van der Waals surface area contributed by atoms with Crippen molar-refractivity contribution < 1.29 is 9.84 Å². The Morgan fingerprint density at radius 3 is 2.85 bits per heavy atom. The summed E-state index contributed by atoms with van der Waals surface area (Å²) in [5, 5.41) is 11.3. The van der Waals surface area contributed by atoms with Crippen LogP contribution in [0.5, 0.6) is 0 Å². The Morgan fingerprint density at radius 2 is 2.10 bits per heavy atom. The molecule has 2 heterocycles. The van der Waals surface area contributed by atoms with E-state index in [1.54, 1.807) is 0 Å². The average molecular weight is 298 g/mol. The number of rotatable bonds is 2. The van der Waals surface area contributed by atoms with Gasteiger partial charge in [-0.2, -0.15) is 11.8 Å². The van der Waals surface area contributed by atoms with E-state index in [4.69, 9.17) is 4.74 Å². The van der Waals surface area contributed by atoms with Gasteiger partial charge < -0.3 is 9.84 Å². The predicted molar refractivity (Wildman–Crippen MR) is 85.2 cm³/mol. The molecule has 20 heavy (non-hydrogen) atoms. The Hall–Kier alpha value is 0.270. The molecule has 0 radical (unpaired) electrons. The van der Waals surface area contributed by atoms with Crippen LogP contribution in [0.2, 0.25) is 0 Å². The molecule has 0 amide bonds. The highest BCUT2D eigenvalue weighted by molar-refractivity contribution is 7.99. The van der Waals surface area contributed by atoms with Crippen LogP contribution in [0.15, 0.2) is 0 Å². The molecule has 4 atom stereocenters. The van der Waals surface area contributed by atoms with E-state index >= 15 is 0 Å². The van der Waals surface area contributed by atoms with Gasteiger partial charge in [-0.15, -0.1) is 0 Å². The Morgan fingerprint density at radius 1 is 1.20 bits per heavy atom. The molecule has 1 N–H and O–H groups in total. The third-order valence-electron chi connectivity index (χ3n) is 6.10. The van der Waals surface area contributed by atoms with Gasteiger partial charge in [0.05, 0.1) is 11.2 Å². The van der Waals surface area contributed by atoms with Gasteiger partial charge in [0, 0.05) is 12.4 Å². The molecular formula is C17H30O2S. The summed E-state index contributed by atoms with van der Waals surface area (Å²) in [4.78, 5) is 0. The molecule has 116 valence electrons. The Kier molecular flexibility index (Phi) is 4.69. The lowest BCUT2D eigenvalue weighted by Crippen LogP contribution is -2.48. The highest BCUT2D eigenvalue weighted by atomic mass is 32.2. The molecule has 0 aromatic rings. The van der Waals surface area contributed by atoms with Crippen LogP contribution in [0.25, 0.3) is 0 Å². The van der Waals surface area contributed by atoms with Gasteiger partial charge in [0.15, 0.2) is 0 Å². The van der Waals surface area contributed by atoms with Gasteiger partial charge in [0.25, 0.3) is 0 Å². The Bertz CT molecular complexity index is 327. The van der Waals surface area contributed by atoms with E-state index in [-0.39, 0.29) is 5.60 Å². The van der Waals surface area contributed by atoms with Gasteiger partial charge in [-0.1, -0.05) is 26.2 Å². The average Bonchev–Trinajstić information content (AvgIpc) is 2.80. The van der Waals surface area contributed by atoms with Crippen LogP contribution in [0, 0.1) is 11.8 Å². The molecule has 2 aliphatic heterocycles. The SMILES string of the molecule is CCC1CCCC(O)(C2CCOC3(CCSC3)C2)CC1. The maximum atomic E-state index is 11.3. The van der Waals surface area contributed by atoms with Crippen molar-refractivity contribution in [2.24, 2.45) is 11.8 Å². The lowest BCUT2D eigenvalue weighted by atomic mass is 9.72. The molecule has 1 saturated carbocycles. The first-order chi connectivity index (χ1) is 9.66. The van der Waals surface area contributed by atoms with Crippen molar-refractivity contribution in [2.75, 3.05) is 18.1 Å². The zero-order chi connectivity index (χ0) is 14.1. The second-order valence-corrected chi connectivity index (χ2v) is 8.44. The van der Waals surface area contributed by atoms with Crippen LogP contribution in [-0.4, -0.2) is 34.4 Å². The largest absolute Gasteiger partial charge is 0.390 e. The number of thioether (sulfide) groups is 1. The molecule has 4 unspecified atom stereocenters. The summed E-state index contributed by atoms with van der Waals surface area (Å²) >= 11 is 2.03. The topological polar surface area (TPSA) is 29.5 Å². The van der Waals surface area contributed by atoms with Gasteiger partial charge >= 0.3 is 0 Å². The van der Waals surface area contributed by atoms with Crippen LogP contribution in [0.3, 0.4) is 0 Å². The Labute approximate surface area is 128 Å². The summed E-state index contributed by atoms with van der Waals surface area (Å²) in [6.45, 7) is 3.17. The van der Waals surface area contributed by atoms with E-state index < -0.39 is 5.60 Å². The fraction of sp³-hybridized carbons (Fsp3) is 1.00. The predicted octanol–water partition coefficient (Wildman–Crippen LogP) is 4.01. The third kappa shape index (κ3) is 3.05. The summed E-state index contributed by atoms with van der Waals surface area (Å²) in [5.74, 6) is 3.71. The maximum Gasteiger partial charge on any atom is 0.0784 e. The van der Waals surface area contributed by atoms with E-state index in [0.717, 1.165) is 44.0 Å². The minimum atomic E-state index is -0.395. The fourth-order valence-corrected chi connectivity index (χ4v) is 5.96. The van der Waals surface area contributed by atoms with E-state index in [9.17, 15) is 5.11 Å². The molecule has 0 bridgehead atoms. The quantitative estimate of drug-likeness (QED) is 0.781. The second kappa shape index (κ2) is 6.18. The van der Waals surface area contributed by atoms with Gasteiger partial charge in [-0.25, -0.2) is 0 Å². The van der Waals surface area contributed by atoms with E-state index in [1.807, 2.05) is 11.8 Å². The summed E-state index contributed by atoms with van der Waals surface area (Å²) in [7, 11) is 0. The van der Waals surface area contributed by atoms with Crippen molar-refractivity contribution in [3.8, 4) is 0 Å². The van der Waals surface area contributed by atoms with E-state index in [0.29, 0.717) is 5.92 Å². The first-order valence-corrected chi connectivity index (χ1v) is 9.75. The van der Waals surface area contributed by atoms with Crippen LogP contribution < -0.4 is 0 Å². The monoisotopic (exact) mass is 298 g/mol. The second-order valence-electron chi connectivity index (χ2n) is 7.33. The third-order valence-corrected chi connectivity index (χ3v) is 7.33. The van der Waals surface area contributed by atoms with Gasteiger partial charge in [-0.05, 0) is 56.1 Å². The summed E-state index contributed by atoms with van der Waals surface area (Å²) < 4.78 is 6.13. The van der Waals surface area contributed by atoms with Crippen LogP contribution in [0.4, 0.5) is 0 Å². The van der Waals surface area contributed by atoms with Crippen molar-refractivity contribution in [3.63, 3.8) is 0 Å². The molecule has 0 aromatic heterocycles. The smallest absolute Gasteiger partial charge is 0.0784 e. The summed E-state index contributed by atoms with van der Waals surface area (Å²) in [6.07, 6.45) is 10.5. The van der Waals surface area contributed by atoms with Crippen molar-refractivity contribution >= 4 is 11.8 Å². The Balaban J connectivity index is 1.67. The molecular weight excluding hydrogens is 268 g/mol. The van der Waals surface area contributed by atoms with E-state index in [2.05, 4.69) is 6.92 Å². The molecule has 1 aliphatic carbocycles. The first kappa shape index (κ1) is 15.2. The normalized spacial score (nSPS) is 46.5. The minimum Gasteiger partial charge on any atom is -0.390 e. The lowest BCUT2D eigenvalue weighted by Gasteiger charge is -2.45. The minimum absolute atomic E-state index is 0.111.